The first-order chi connectivity index (χ1) is 9.05. The van der Waals surface area contributed by atoms with E-state index >= 15 is 0 Å². The van der Waals surface area contributed by atoms with Crippen LogP contribution in [0.2, 0.25) is 0 Å². The van der Waals surface area contributed by atoms with Gasteiger partial charge >= 0.3 is 5.97 Å². The molecular weight excluding hydrogens is 246 g/mol. The third kappa shape index (κ3) is 1.61. The summed E-state index contributed by atoms with van der Waals surface area (Å²) >= 11 is 0. The normalized spacial score (nSPS) is 28.7. The molecule has 0 aromatic heterocycles. The van der Waals surface area contributed by atoms with Crippen LogP contribution in [0.15, 0.2) is 24.3 Å². The van der Waals surface area contributed by atoms with Gasteiger partial charge in [-0.1, -0.05) is 12.1 Å². The highest BCUT2D eigenvalue weighted by Gasteiger charge is 2.65. The Morgan fingerprint density at radius 2 is 2.05 bits per heavy atom. The van der Waals surface area contributed by atoms with Gasteiger partial charge in [-0.25, -0.2) is 4.79 Å². The molecule has 5 nitrogen and oxygen atoms in total. The molecule has 19 heavy (non-hydrogen) atoms. The molecule has 100 valence electrons. The van der Waals surface area contributed by atoms with Crippen LogP contribution in [0.1, 0.15) is 18.9 Å². The number of ether oxygens (including phenoxy) is 2. The minimum Gasteiger partial charge on any atom is -0.497 e. The number of benzene rings is 1. The molecular formula is C14H15NO4. The van der Waals surface area contributed by atoms with Crippen molar-refractivity contribution >= 4 is 11.9 Å². The molecule has 2 heterocycles. The lowest BCUT2D eigenvalue weighted by atomic mass is 9.90. The number of carbonyl (C=O) groups excluding carboxylic acids is 2. The molecule has 3 rings (SSSR count). The molecule has 2 atom stereocenters. The van der Waals surface area contributed by atoms with Crippen LogP contribution >= 0.6 is 0 Å². The van der Waals surface area contributed by atoms with Crippen molar-refractivity contribution in [3.63, 3.8) is 0 Å². The largest absolute Gasteiger partial charge is 0.497 e. The first kappa shape index (κ1) is 12.0. The molecule has 2 saturated heterocycles. The monoisotopic (exact) mass is 261 g/mol. The van der Waals surface area contributed by atoms with Gasteiger partial charge in [0.1, 0.15) is 11.9 Å². The van der Waals surface area contributed by atoms with E-state index in [1.165, 1.54) is 0 Å². The van der Waals surface area contributed by atoms with Crippen molar-refractivity contribution in [1.29, 1.82) is 0 Å². The Morgan fingerprint density at radius 3 is 2.63 bits per heavy atom. The minimum atomic E-state index is -0.781. The SMILES string of the molecule is COc1ccc(CN2C(=O)C[C@@H]3OC(=O)[C@@]32C)cc1. The lowest BCUT2D eigenvalue weighted by Gasteiger charge is -2.43. The Kier molecular flexibility index (Phi) is 2.52. The van der Waals surface area contributed by atoms with Crippen molar-refractivity contribution in [1.82, 2.24) is 4.90 Å². The van der Waals surface area contributed by atoms with E-state index in [0.717, 1.165) is 11.3 Å². The molecule has 0 radical (unpaired) electrons. The van der Waals surface area contributed by atoms with E-state index in [-0.39, 0.29) is 18.0 Å². The lowest BCUT2D eigenvalue weighted by molar-refractivity contribution is -0.197. The van der Waals surface area contributed by atoms with Gasteiger partial charge < -0.3 is 14.4 Å². The maximum atomic E-state index is 12.0. The summed E-state index contributed by atoms with van der Waals surface area (Å²) in [5, 5.41) is 0. The number of rotatable bonds is 3. The van der Waals surface area contributed by atoms with Gasteiger partial charge in [0.15, 0.2) is 5.54 Å². The Morgan fingerprint density at radius 1 is 1.37 bits per heavy atom. The van der Waals surface area contributed by atoms with Crippen LogP contribution < -0.4 is 4.74 Å². The molecule has 0 aliphatic carbocycles. The Hall–Kier alpha value is -2.04. The quantitative estimate of drug-likeness (QED) is 0.765. The third-order valence-corrected chi connectivity index (χ3v) is 4.01. The standard InChI is InChI=1S/C14H15NO4/c1-14-11(19-13(14)17)7-12(16)15(14)8-9-3-5-10(18-2)6-4-9/h3-6,11H,7-8H2,1-2H3/t11-,14+/m0/s1. The summed E-state index contributed by atoms with van der Waals surface area (Å²) in [7, 11) is 1.61. The highest BCUT2D eigenvalue weighted by molar-refractivity contribution is 5.97. The number of hydrogen-bond acceptors (Lipinski definition) is 4. The van der Waals surface area contributed by atoms with Gasteiger partial charge in [0.05, 0.1) is 13.5 Å². The highest BCUT2D eigenvalue weighted by atomic mass is 16.6. The molecule has 2 aliphatic heterocycles. The van der Waals surface area contributed by atoms with Crippen molar-refractivity contribution in [2.75, 3.05) is 7.11 Å². The first-order valence-electron chi connectivity index (χ1n) is 6.20. The molecule has 1 amide bonds. The fraction of sp³-hybridized carbons (Fsp3) is 0.429. The molecule has 0 saturated carbocycles. The van der Waals surface area contributed by atoms with Gasteiger partial charge in [0.2, 0.25) is 5.91 Å². The van der Waals surface area contributed by atoms with Gasteiger partial charge in [-0.3, -0.25) is 4.79 Å². The number of likely N-dealkylation sites (tertiary alicyclic amines) is 1. The number of amides is 1. The molecule has 1 aromatic carbocycles. The smallest absolute Gasteiger partial charge is 0.336 e. The third-order valence-electron chi connectivity index (χ3n) is 4.01. The zero-order chi connectivity index (χ0) is 13.6. The average molecular weight is 261 g/mol. The van der Waals surface area contributed by atoms with E-state index < -0.39 is 5.54 Å². The Labute approximate surface area is 111 Å². The molecule has 2 fully saturated rings. The van der Waals surface area contributed by atoms with Crippen molar-refractivity contribution in [3.05, 3.63) is 29.8 Å². The number of fused-ring (bicyclic) bond motifs is 1. The molecule has 0 spiro atoms. The summed E-state index contributed by atoms with van der Waals surface area (Å²) in [6.07, 6.45) is 0.00373. The van der Waals surface area contributed by atoms with Crippen LogP contribution in [0.4, 0.5) is 0 Å². The van der Waals surface area contributed by atoms with E-state index in [1.807, 2.05) is 24.3 Å². The second-order valence-corrected chi connectivity index (χ2v) is 5.07. The van der Waals surface area contributed by atoms with Gasteiger partial charge in [-0.2, -0.15) is 0 Å². The van der Waals surface area contributed by atoms with E-state index in [4.69, 9.17) is 9.47 Å². The molecule has 0 bridgehead atoms. The van der Waals surface area contributed by atoms with Crippen LogP contribution in [0, 0.1) is 0 Å². The number of methoxy groups -OCH3 is 1. The van der Waals surface area contributed by atoms with Gasteiger partial charge in [0.25, 0.3) is 0 Å². The fourth-order valence-corrected chi connectivity index (χ4v) is 2.65. The van der Waals surface area contributed by atoms with Crippen LogP contribution in [0.25, 0.3) is 0 Å². The summed E-state index contributed by atoms with van der Waals surface area (Å²) in [6, 6.07) is 7.48. The predicted molar refractivity (Wildman–Crippen MR) is 66.4 cm³/mol. The van der Waals surface area contributed by atoms with Crippen molar-refractivity contribution in [2.45, 2.75) is 31.5 Å². The lowest BCUT2D eigenvalue weighted by Crippen LogP contribution is -2.64. The summed E-state index contributed by atoms with van der Waals surface area (Å²) < 4.78 is 10.1. The average Bonchev–Trinajstić information content (AvgIpc) is 2.61. The Balaban J connectivity index is 1.81. The van der Waals surface area contributed by atoms with E-state index in [1.54, 1.807) is 18.9 Å². The van der Waals surface area contributed by atoms with Crippen molar-refractivity contribution in [2.24, 2.45) is 0 Å². The molecule has 2 aliphatic rings. The van der Waals surface area contributed by atoms with Crippen molar-refractivity contribution in [3.8, 4) is 5.75 Å². The van der Waals surface area contributed by atoms with Crippen LogP contribution in [0.3, 0.4) is 0 Å². The summed E-state index contributed by atoms with van der Waals surface area (Å²) in [5.74, 6) is 0.426. The maximum absolute atomic E-state index is 12.0. The topological polar surface area (TPSA) is 55.8 Å². The second-order valence-electron chi connectivity index (χ2n) is 5.07. The zero-order valence-electron chi connectivity index (χ0n) is 10.9. The van der Waals surface area contributed by atoms with Crippen LogP contribution in [-0.2, 0) is 20.9 Å². The van der Waals surface area contributed by atoms with Crippen LogP contribution in [0.5, 0.6) is 5.75 Å². The molecule has 1 aromatic rings. The van der Waals surface area contributed by atoms with Crippen molar-refractivity contribution < 1.29 is 19.1 Å². The fourth-order valence-electron chi connectivity index (χ4n) is 2.65. The molecule has 0 N–H and O–H groups in total. The minimum absolute atomic E-state index is 0.0332. The number of carbonyl (C=O) groups is 2. The maximum Gasteiger partial charge on any atom is 0.336 e. The van der Waals surface area contributed by atoms with E-state index in [2.05, 4.69) is 0 Å². The highest BCUT2D eigenvalue weighted by Crippen LogP contribution is 2.42. The zero-order valence-corrected chi connectivity index (χ0v) is 10.9. The molecule has 0 unspecified atom stereocenters. The number of hydrogen-bond donors (Lipinski definition) is 0. The van der Waals surface area contributed by atoms with Crippen LogP contribution in [-0.4, -0.2) is 35.5 Å². The summed E-state index contributed by atoms with van der Waals surface area (Å²) in [4.78, 5) is 25.2. The van der Waals surface area contributed by atoms with E-state index in [0.29, 0.717) is 13.0 Å². The molecule has 5 heteroatoms. The number of esters is 1. The van der Waals surface area contributed by atoms with Gasteiger partial charge in [0, 0.05) is 6.54 Å². The Bertz CT molecular complexity index is 539. The first-order valence-corrected chi connectivity index (χ1v) is 6.20. The van der Waals surface area contributed by atoms with Gasteiger partial charge in [-0.15, -0.1) is 0 Å². The second kappa shape index (κ2) is 3.98. The predicted octanol–water partition coefficient (Wildman–Crippen LogP) is 1.11. The van der Waals surface area contributed by atoms with Gasteiger partial charge in [-0.05, 0) is 24.6 Å². The van der Waals surface area contributed by atoms with E-state index in [9.17, 15) is 9.59 Å². The number of nitrogens with zero attached hydrogens (tertiary/aromatic N) is 1. The summed E-state index contributed by atoms with van der Waals surface area (Å²) in [6.45, 7) is 2.20. The summed E-state index contributed by atoms with van der Waals surface area (Å²) in [5.41, 5.74) is 0.188.